The van der Waals surface area contributed by atoms with E-state index < -0.39 is 0 Å². The van der Waals surface area contributed by atoms with Crippen LogP contribution in [0, 0.1) is 13.8 Å². The van der Waals surface area contributed by atoms with Crippen molar-refractivity contribution in [2.24, 2.45) is 0 Å². The van der Waals surface area contributed by atoms with Gasteiger partial charge in [0.1, 0.15) is 4.70 Å². The summed E-state index contributed by atoms with van der Waals surface area (Å²) in [5.41, 5.74) is 4.36. The summed E-state index contributed by atoms with van der Waals surface area (Å²) in [7, 11) is 0. The molecule has 158 valence electrons. The monoisotopic (exact) mass is 449 g/mol. The first-order chi connectivity index (χ1) is 15.0. The Balaban J connectivity index is 1.68. The number of anilines is 1. The Hall–Kier alpha value is -2.90. The van der Waals surface area contributed by atoms with Crippen LogP contribution in [0.5, 0.6) is 0 Å². The van der Waals surface area contributed by atoms with Crippen molar-refractivity contribution < 1.29 is 4.79 Å². The van der Waals surface area contributed by atoms with Crippen molar-refractivity contribution in [3.05, 3.63) is 81.5 Å². The molecule has 0 atom stereocenters. The highest BCUT2D eigenvalue weighted by Gasteiger charge is 2.19. The SMILES string of the molecule is CCN(C(=O)CSc1nc2ccsc2c(=O)n1-c1cccc(C)c1)c1cccc(C)c1. The number of thiophene rings is 1. The number of carbonyl (C=O) groups excluding carboxylic acids is 1. The van der Waals surface area contributed by atoms with Crippen molar-refractivity contribution in [3.63, 3.8) is 0 Å². The van der Waals surface area contributed by atoms with Crippen LogP contribution in [0.15, 0.2) is 69.9 Å². The zero-order chi connectivity index (χ0) is 22.0. The summed E-state index contributed by atoms with van der Waals surface area (Å²) in [5.74, 6) is 0.170. The van der Waals surface area contributed by atoms with Crippen molar-refractivity contribution in [1.29, 1.82) is 0 Å². The van der Waals surface area contributed by atoms with E-state index in [0.717, 1.165) is 22.5 Å². The van der Waals surface area contributed by atoms with Gasteiger partial charge in [-0.15, -0.1) is 11.3 Å². The van der Waals surface area contributed by atoms with E-state index in [0.29, 0.717) is 21.9 Å². The maximum Gasteiger partial charge on any atom is 0.276 e. The first-order valence-corrected chi connectivity index (χ1v) is 11.9. The number of hydrogen-bond acceptors (Lipinski definition) is 5. The molecule has 1 amide bonds. The van der Waals surface area contributed by atoms with E-state index in [4.69, 9.17) is 4.98 Å². The first kappa shape index (κ1) is 21.3. The van der Waals surface area contributed by atoms with E-state index in [1.807, 2.05) is 80.7 Å². The zero-order valence-electron chi connectivity index (χ0n) is 17.7. The number of benzene rings is 2. The van der Waals surface area contributed by atoms with Crippen LogP contribution in [0.2, 0.25) is 0 Å². The fraction of sp³-hybridized carbons (Fsp3) is 0.208. The predicted octanol–water partition coefficient (Wildman–Crippen LogP) is 5.21. The number of amides is 1. The molecular weight excluding hydrogens is 426 g/mol. The lowest BCUT2D eigenvalue weighted by molar-refractivity contribution is -0.116. The van der Waals surface area contributed by atoms with Crippen molar-refractivity contribution in [2.45, 2.75) is 25.9 Å². The van der Waals surface area contributed by atoms with E-state index >= 15 is 0 Å². The largest absolute Gasteiger partial charge is 0.312 e. The van der Waals surface area contributed by atoms with E-state index in [2.05, 4.69) is 0 Å². The minimum absolute atomic E-state index is 0.0199. The molecule has 0 fully saturated rings. The van der Waals surface area contributed by atoms with Gasteiger partial charge in [-0.25, -0.2) is 4.98 Å². The topological polar surface area (TPSA) is 55.2 Å². The zero-order valence-corrected chi connectivity index (χ0v) is 19.3. The number of carbonyl (C=O) groups is 1. The van der Waals surface area contributed by atoms with Gasteiger partial charge in [0.2, 0.25) is 5.91 Å². The van der Waals surface area contributed by atoms with Crippen LogP contribution in [-0.2, 0) is 4.79 Å². The summed E-state index contributed by atoms with van der Waals surface area (Å²) in [6, 6.07) is 17.5. The van der Waals surface area contributed by atoms with Crippen molar-refractivity contribution in [1.82, 2.24) is 9.55 Å². The number of hydrogen-bond donors (Lipinski definition) is 0. The molecule has 0 aliphatic heterocycles. The standard InChI is InChI=1S/C24H23N3O2S2/c1-4-26(18-9-5-7-16(2)13-18)21(28)15-31-24-25-20-11-12-30-22(20)23(29)27(24)19-10-6-8-17(3)14-19/h5-14H,4,15H2,1-3H3. The van der Waals surface area contributed by atoms with Crippen LogP contribution in [0.25, 0.3) is 15.9 Å². The van der Waals surface area contributed by atoms with Gasteiger partial charge in [-0.3, -0.25) is 14.2 Å². The second-order valence-electron chi connectivity index (χ2n) is 7.27. The molecule has 5 nitrogen and oxygen atoms in total. The molecule has 4 aromatic rings. The second-order valence-corrected chi connectivity index (χ2v) is 9.13. The predicted molar refractivity (Wildman–Crippen MR) is 130 cm³/mol. The van der Waals surface area contributed by atoms with E-state index in [1.165, 1.54) is 23.1 Å². The molecule has 0 aliphatic carbocycles. The van der Waals surface area contributed by atoms with Crippen molar-refractivity contribution in [3.8, 4) is 5.69 Å². The number of nitrogens with zero attached hydrogens (tertiary/aromatic N) is 3. The van der Waals surface area contributed by atoms with Gasteiger partial charge < -0.3 is 4.90 Å². The highest BCUT2D eigenvalue weighted by atomic mass is 32.2. The third-order valence-corrected chi connectivity index (χ3v) is 6.78. The number of thioether (sulfide) groups is 1. The molecule has 0 saturated heterocycles. The summed E-state index contributed by atoms with van der Waals surface area (Å²) in [4.78, 5) is 32.8. The van der Waals surface area contributed by atoms with E-state index in [1.54, 1.807) is 9.47 Å². The third-order valence-electron chi connectivity index (χ3n) is 4.96. The fourth-order valence-electron chi connectivity index (χ4n) is 3.49. The van der Waals surface area contributed by atoms with Gasteiger partial charge in [0.25, 0.3) is 5.56 Å². The summed E-state index contributed by atoms with van der Waals surface area (Å²) in [6.45, 7) is 6.54. The summed E-state index contributed by atoms with van der Waals surface area (Å²) < 4.78 is 2.24. The lowest BCUT2D eigenvalue weighted by Gasteiger charge is -2.21. The summed E-state index contributed by atoms with van der Waals surface area (Å²) in [6.07, 6.45) is 0. The molecule has 0 saturated carbocycles. The fourth-order valence-corrected chi connectivity index (χ4v) is 5.13. The third kappa shape index (κ3) is 4.43. The van der Waals surface area contributed by atoms with Gasteiger partial charge in [0.05, 0.1) is 17.0 Å². The van der Waals surface area contributed by atoms with Crippen LogP contribution in [0.1, 0.15) is 18.1 Å². The number of aryl methyl sites for hydroxylation is 2. The maximum atomic E-state index is 13.2. The molecule has 2 aromatic carbocycles. The van der Waals surface area contributed by atoms with Gasteiger partial charge in [-0.05, 0) is 67.6 Å². The molecule has 4 rings (SSSR count). The van der Waals surface area contributed by atoms with Crippen molar-refractivity contribution >= 4 is 44.9 Å². The van der Waals surface area contributed by atoms with Gasteiger partial charge in [-0.1, -0.05) is 36.0 Å². The van der Waals surface area contributed by atoms with Gasteiger partial charge in [0, 0.05) is 12.2 Å². The number of fused-ring (bicyclic) bond motifs is 1. The van der Waals surface area contributed by atoms with Crippen LogP contribution >= 0.6 is 23.1 Å². The Morgan fingerprint density at radius 1 is 1.10 bits per heavy atom. The van der Waals surface area contributed by atoms with Crippen LogP contribution < -0.4 is 10.5 Å². The van der Waals surface area contributed by atoms with Gasteiger partial charge in [0.15, 0.2) is 5.16 Å². The van der Waals surface area contributed by atoms with Gasteiger partial charge >= 0.3 is 0 Å². The quantitative estimate of drug-likeness (QED) is 0.300. The molecule has 31 heavy (non-hydrogen) atoms. The van der Waals surface area contributed by atoms with E-state index in [9.17, 15) is 9.59 Å². The highest BCUT2D eigenvalue weighted by Crippen LogP contribution is 2.25. The summed E-state index contributed by atoms with van der Waals surface area (Å²) >= 11 is 2.68. The Kier molecular flexibility index (Phi) is 6.25. The molecule has 0 unspecified atom stereocenters. The molecule has 0 aliphatic rings. The summed E-state index contributed by atoms with van der Waals surface area (Å²) in [5, 5.41) is 2.39. The molecule has 0 radical (unpaired) electrons. The van der Waals surface area contributed by atoms with Crippen molar-refractivity contribution in [2.75, 3.05) is 17.2 Å². The molecular formula is C24H23N3O2S2. The smallest absolute Gasteiger partial charge is 0.276 e. The van der Waals surface area contributed by atoms with Crippen LogP contribution in [0.4, 0.5) is 5.69 Å². The molecule has 0 N–H and O–H groups in total. The lowest BCUT2D eigenvalue weighted by atomic mass is 10.2. The Morgan fingerprint density at radius 2 is 1.84 bits per heavy atom. The van der Waals surface area contributed by atoms with Gasteiger partial charge in [-0.2, -0.15) is 0 Å². The van der Waals surface area contributed by atoms with Crippen LogP contribution in [-0.4, -0.2) is 27.8 Å². The highest BCUT2D eigenvalue weighted by molar-refractivity contribution is 7.99. The molecule has 2 heterocycles. The average Bonchev–Trinajstić information content (AvgIpc) is 3.22. The number of aromatic nitrogens is 2. The molecule has 2 aromatic heterocycles. The molecule has 7 heteroatoms. The molecule has 0 spiro atoms. The normalized spacial score (nSPS) is 11.1. The lowest BCUT2D eigenvalue weighted by Crippen LogP contribution is -2.32. The Morgan fingerprint density at radius 3 is 2.55 bits per heavy atom. The maximum absolute atomic E-state index is 13.2. The van der Waals surface area contributed by atoms with Crippen LogP contribution in [0.3, 0.4) is 0 Å². The Bertz CT molecular complexity index is 1310. The first-order valence-electron chi connectivity index (χ1n) is 10.0. The minimum Gasteiger partial charge on any atom is -0.312 e. The Labute approximate surface area is 189 Å². The minimum atomic E-state index is -0.105. The second kappa shape index (κ2) is 9.08. The number of rotatable bonds is 6. The average molecular weight is 450 g/mol. The van der Waals surface area contributed by atoms with E-state index in [-0.39, 0.29) is 17.2 Å². The molecule has 0 bridgehead atoms.